The monoisotopic (exact) mass is 391 g/mol. The first-order valence-corrected chi connectivity index (χ1v) is 9.21. The number of carbonyl (C=O) groups excluding carboxylic acids is 1. The number of rotatable bonds is 3. The van der Waals surface area contributed by atoms with Crippen molar-refractivity contribution in [1.82, 2.24) is 14.8 Å². The number of hydrogen-bond donors (Lipinski definition) is 1. The molecule has 0 saturated heterocycles. The number of nitrogens with one attached hydrogen (secondary N) is 1. The molecule has 0 aliphatic heterocycles. The number of amides is 1. The van der Waals surface area contributed by atoms with Gasteiger partial charge in [0.15, 0.2) is 17.3 Å². The summed E-state index contributed by atoms with van der Waals surface area (Å²) >= 11 is 0. The molecule has 2 heterocycles. The van der Waals surface area contributed by atoms with E-state index in [0.29, 0.717) is 12.3 Å². The zero-order valence-corrected chi connectivity index (χ0v) is 15.4. The predicted octanol–water partition coefficient (Wildman–Crippen LogP) is 3.64. The van der Waals surface area contributed by atoms with Crippen LogP contribution in [0.5, 0.6) is 0 Å². The topological polar surface area (TPSA) is 83.6 Å². The van der Waals surface area contributed by atoms with Crippen LogP contribution >= 0.6 is 0 Å². The number of fused-ring (bicyclic) bond motifs is 3. The zero-order valence-electron chi connectivity index (χ0n) is 15.4. The second-order valence-electron chi connectivity index (χ2n) is 7.50. The maximum absolute atomic E-state index is 14.4. The fourth-order valence-corrected chi connectivity index (χ4v) is 4.06. The Bertz CT molecular complexity index is 1230. The van der Waals surface area contributed by atoms with Crippen LogP contribution in [0.3, 0.4) is 0 Å². The smallest absolute Gasteiger partial charge is 0.277 e. The molecule has 0 radical (unpaired) electrons. The minimum Gasteiger partial charge on any atom is -0.304 e. The Morgan fingerprint density at radius 3 is 2.93 bits per heavy atom. The van der Waals surface area contributed by atoms with Crippen molar-refractivity contribution in [3.8, 4) is 11.8 Å². The van der Waals surface area contributed by atoms with E-state index in [1.54, 1.807) is 19.2 Å². The summed E-state index contributed by atoms with van der Waals surface area (Å²) in [5.74, 6) is -1.10. The summed E-state index contributed by atoms with van der Waals surface area (Å²) in [5, 5.41) is 16.3. The summed E-state index contributed by atoms with van der Waals surface area (Å²) in [7, 11) is 0. The van der Waals surface area contributed by atoms with Crippen LogP contribution in [0.15, 0.2) is 30.5 Å². The summed E-state index contributed by atoms with van der Waals surface area (Å²) in [6.07, 6.45) is 3.22. The van der Waals surface area contributed by atoms with Crippen molar-refractivity contribution in [1.29, 1.82) is 5.26 Å². The quantitative estimate of drug-likeness (QED) is 0.739. The number of anilines is 1. The fraction of sp³-hybridized carbons (Fsp3) is 0.238. The number of pyridine rings is 1. The van der Waals surface area contributed by atoms with Gasteiger partial charge in [-0.1, -0.05) is 0 Å². The second-order valence-corrected chi connectivity index (χ2v) is 7.50. The van der Waals surface area contributed by atoms with Gasteiger partial charge in [0, 0.05) is 23.7 Å². The minimum absolute atomic E-state index is 0.112. The number of carbonyl (C=O) groups is 1. The van der Waals surface area contributed by atoms with Crippen LogP contribution in [0.2, 0.25) is 0 Å². The molecule has 2 aliphatic carbocycles. The second kappa shape index (κ2) is 6.21. The Morgan fingerprint density at radius 1 is 1.34 bits per heavy atom. The highest BCUT2D eigenvalue weighted by Crippen LogP contribution is 2.57. The maximum Gasteiger partial charge on any atom is 0.277 e. The van der Waals surface area contributed by atoms with Crippen molar-refractivity contribution in [3.05, 3.63) is 70.2 Å². The molecule has 1 saturated carbocycles. The van der Waals surface area contributed by atoms with Gasteiger partial charge in [0.1, 0.15) is 17.6 Å². The van der Waals surface area contributed by atoms with Gasteiger partial charge in [-0.15, -0.1) is 0 Å². The SMILES string of the molecule is Cc1cnc(NC(=O)c2nn(-c3ccc(F)cc3F)c3c2C[C@H]2C[C@@H]32)c(C#N)c1. The Kier molecular flexibility index (Phi) is 3.74. The minimum atomic E-state index is -0.738. The van der Waals surface area contributed by atoms with Crippen LogP contribution in [0, 0.1) is 35.8 Å². The van der Waals surface area contributed by atoms with Crippen LogP contribution in [-0.4, -0.2) is 20.7 Å². The van der Waals surface area contributed by atoms with Crippen molar-refractivity contribution in [2.45, 2.75) is 25.7 Å². The van der Waals surface area contributed by atoms with E-state index in [-0.39, 0.29) is 28.7 Å². The van der Waals surface area contributed by atoms with E-state index in [0.717, 1.165) is 29.3 Å². The van der Waals surface area contributed by atoms with E-state index < -0.39 is 17.5 Å². The number of hydrogen-bond acceptors (Lipinski definition) is 4. The lowest BCUT2D eigenvalue weighted by atomic mass is 10.1. The van der Waals surface area contributed by atoms with Crippen LogP contribution < -0.4 is 5.32 Å². The van der Waals surface area contributed by atoms with E-state index >= 15 is 0 Å². The average molecular weight is 391 g/mol. The molecule has 5 rings (SSSR count). The largest absolute Gasteiger partial charge is 0.304 e. The van der Waals surface area contributed by atoms with Gasteiger partial charge in [-0.3, -0.25) is 4.79 Å². The highest BCUT2D eigenvalue weighted by atomic mass is 19.1. The van der Waals surface area contributed by atoms with Gasteiger partial charge in [0.25, 0.3) is 5.91 Å². The molecule has 0 spiro atoms. The first kappa shape index (κ1) is 17.5. The number of nitriles is 1. The molecule has 1 N–H and O–H groups in total. The van der Waals surface area contributed by atoms with Crippen molar-refractivity contribution in [2.24, 2.45) is 5.92 Å². The van der Waals surface area contributed by atoms with Gasteiger partial charge in [-0.05, 0) is 49.4 Å². The van der Waals surface area contributed by atoms with Crippen molar-refractivity contribution in [2.75, 3.05) is 5.32 Å². The molecule has 2 aliphatic rings. The Hall–Kier alpha value is -3.60. The lowest BCUT2D eigenvalue weighted by Gasteiger charge is -2.07. The Morgan fingerprint density at radius 2 is 2.17 bits per heavy atom. The summed E-state index contributed by atoms with van der Waals surface area (Å²) in [6, 6.07) is 6.94. The molecule has 6 nitrogen and oxygen atoms in total. The van der Waals surface area contributed by atoms with Gasteiger partial charge in [-0.25, -0.2) is 18.4 Å². The average Bonchev–Trinajstić information content (AvgIpc) is 3.19. The van der Waals surface area contributed by atoms with E-state index in [2.05, 4.69) is 15.4 Å². The Labute approximate surface area is 164 Å². The highest BCUT2D eigenvalue weighted by Gasteiger charge is 2.50. The first-order valence-electron chi connectivity index (χ1n) is 9.21. The molecule has 8 heteroatoms. The zero-order chi connectivity index (χ0) is 20.3. The molecular formula is C21H15F2N5O. The van der Waals surface area contributed by atoms with E-state index in [4.69, 9.17) is 0 Å². The normalized spacial score (nSPS) is 18.7. The molecule has 2 atom stereocenters. The summed E-state index contributed by atoms with van der Waals surface area (Å²) < 4.78 is 29.1. The molecular weight excluding hydrogens is 376 g/mol. The molecule has 0 unspecified atom stereocenters. The third-order valence-corrected chi connectivity index (χ3v) is 5.49. The van der Waals surface area contributed by atoms with Crippen LogP contribution in [0.1, 0.15) is 45.2 Å². The molecule has 29 heavy (non-hydrogen) atoms. The van der Waals surface area contributed by atoms with E-state index in [1.165, 1.54) is 16.8 Å². The summed E-state index contributed by atoms with van der Waals surface area (Å²) in [4.78, 5) is 17.1. The van der Waals surface area contributed by atoms with E-state index in [1.807, 2.05) is 6.07 Å². The lowest BCUT2D eigenvalue weighted by Crippen LogP contribution is -2.17. The van der Waals surface area contributed by atoms with Crippen molar-refractivity contribution in [3.63, 3.8) is 0 Å². The molecule has 1 amide bonds. The summed E-state index contributed by atoms with van der Waals surface area (Å²) in [5.41, 5.74) is 2.93. The van der Waals surface area contributed by atoms with Crippen molar-refractivity contribution < 1.29 is 13.6 Å². The van der Waals surface area contributed by atoms with Crippen LogP contribution in [-0.2, 0) is 6.42 Å². The van der Waals surface area contributed by atoms with Gasteiger partial charge in [0.2, 0.25) is 0 Å². The molecule has 144 valence electrons. The van der Waals surface area contributed by atoms with Crippen LogP contribution in [0.4, 0.5) is 14.6 Å². The number of benzene rings is 1. The lowest BCUT2D eigenvalue weighted by molar-refractivity contribution is 0.102. The third-order valence-electron chi connectivity index (χ3n) is 5.49. The van der Waals surface area contributed by atoms with Gasteiger partial charge < -0.3 is 5.32 Å². The number of nitrogens with zero attached hydrogens (tertiary/aromatic N) is 4. The molecule has 1 aromatic carbocycles. The van der Waals surface area contributed by atoms with Gasteiger partial charge in [0.05, 0.1) is 11.3 Å². The molecule has 0 bridgehead atoms. The van der Waals surface area contributed by atoms with Crippen LogP contribution in [0.25, 0.3) is 5.69 Å². The highest BCUT2D eigenvalue weighted by molar-refractivity contribution is 6.04. The van der Waals surface area contributed by atoms with E-state index in [9.17, 15) is 18.8 Å². The standard InChI is InChI=1S/C21H15F2N5O/c1-10-4-12(8-24)20(25-9-10)26-21(29)18-15-6-11-5-14(11)19(15)28(27-18)17-3-2-13(22)7-16(17)23/h2-4,7,9,11,14H,5-6H2,1H3,(H,25,26,29)/t11-,14-/m1/s1. The predicted molar refractivity (Wildman–Crippen MR) is 99.7 cm³/mol. The van der Waals surface area contributed by atoms with Gasteiger partial charge >= 0.3 is 0 Å². The molecule has 1 fully saturated rings. The Balaban J connectivity index is 1.56. The maximum atomic E-state index is 14.4. The summed E-state index contributed by atoms with van der Waals surface area (Å²) in [6.45, 7) is 1.80. The molecule has 2 aromatic heterocycles. The number of halogens is 2. The first-order chi connectivity index (χ1) is 14.0. The third kappa shape index (κ3) is 2.78. The molecule has 3 aromatic rings. The van der Waals surface area contributed by atoms with Crippen molar-refractivity contribution >= 4 is 11.7 Å². The van der Waals surface area contributed by atoms with Gasteiger partial charge in [-0.2, -0.15) is 10.4 Å². The number of aromatic nitrogens is 3. The fourth-order valence-electron chi connectivity index (χ4n) is 4.06. The number of aryl methyl sites for hydroxylation is 1.